The summed E-state index contributed by atoms with van der Waals surface area (Å²) in [7, 11) is 0. The SMILES string of the molecule is CC1CN2CCCCC2CN1c1ncc(CO)s1. The number of aliphatic hydroxyl groups is 1. The Balaban J connectivity index is 1.75. The van der Waals surface area contributed by atoms with Crippen molar-refractivity contribution in [2.24, 2.45) is 0 Å². The maximum absolute atomic E-state index is 9.15. The first-order valence-electron chi connectivity index (χ1n) is 6.84. The number of piperazine rings is 1. The van der Waals surface area contributed by atoms with Gasteiger partial charge in [0, 0.05) is 31.4 Å². The molecule has 2 unspecified atom stereocenters. The minimum Gasteiger partial charge on any atom is -0.391 e. The summed E-state index contributed by atoms with van der Waals surface area (Å²) in [4.78, 5) is 10.5. The Morgan fingerprint density at radius 1 is 1.44 bits per heavy atom. The van der Waals surface area contributed by atoms with Gasteiger partial charge in [-0.25, -0.2) is 4.98 Å². The van der Waals surface area contributed by atoms with Crippen molar-refractivity contribution in [1.29, 1.82) is 0 Å². The molecule has 100 valence electrons. The van der Waals surface area contributed by atoms with Gasteiger partial charge in [0.15, 0.2) is 5.13 Å². The standard InChI is InChI=1S/C13H21N3OS/c1-10-7-15-5-3-2-4-11(15)8-16(10)13-14-6-12(9-17)18-13/h6,10-11,17H,2-5,7-9H2,1H3. The van der Waals surface area contributed by atoms with Crippen LogP contribution in [-0.2, 0) is 6.61 Å². The second-order valence-corrected chi connectivity index (χ2v) is 6.51. The predicted molar refractivity (Wildman–Crippen MR) is 74.1 cm³/mol. The minimum atomic E-state index is 0.107. The molecule has 4 nitrogen and oxygen atoms in total. The molecule has 18 heavy (non-hydrogen) atoms. The summed E-state index contributed by atoms with van der Waals surface area (Å²) in [6.07, 6.45) is 5.85. The van der Waals surface area contributed by atoms with Crippen LogP contribution in [0.5, 0.6) is 0 Å². The third-order valence-corrected chi connectivity index (χ3v) is 5.15. The van der Waals surface area contributed by atoms with Gasteiger partial charge >= 0.3 is 0 Å². The molecular weight excluding hydrogens is 246 g/mol. The van der Waals surface area contributed by atoms with Crippen molar-refractivity contribution >= 4 is 16.5 Å². The van der Waals surface area contributed by atoms with E-state index in [0.29, 0.717) is 12.1 Å². The van der Waals surface area contributed by atoms with Gasteiger partial charge in [-0.05, 0) is 26.3 Å². The molecule has 0 aliphatic carbocycles. The fourth-order valence-corrected chi connectivity index (χ4v) is 4.00. The Morgan fingerprint density at radius 3 is 3.11 bits per heavy atom. The summed E-state index contributed by atoms with van der Waals surface area (Å²) < 4.78 is 0. The molecule has 2 fully saturated rings. The van der Waals surface area contributed by atoms with Crippen LogP contribution >= 0.6 is 11.3 Å². The van der Waals surface area contributed by atoms with Crippen LogP contribution in [0.2, 0.25) is 0 Å². The van der Waals surface area contributed by atoms with E-state index in [4.69, 9.17) is 5.11 Å². The smallest absolute Gasteiger partial charge is 0.185 e. The van der Waals surface area contributed by atoms with Crippen molar-refractivity contribution in [3.63, 3.8) is 0 Å². The Morgan fingerprint density at radius 2 is 2.33 bits per heavy atom. The van der Waals surface area contributed by atoms with E-state index >= 15 is 0 Å². The van der Waals surface area contributed by atoms with Crippen molar-refractivity contribution in [2.45, 2.75) is 44.9 Å². The van der Waals surface area contributed by atoms with Gasteiger partial charge in [0.1, 0.15) is 0 Å². The highest BCUT2D eigenvalue weighted by Crippen LogP contribution is 2.30. The lowest BCUT2D eigenvalue weighted by atomic mass is 9.97. The predicted octanol–water partition coefficient (Wildman–Crippen LogP) is 1.70. The summed E-state index contributed by atoms with van der Waals surface area (Å²) in [6, 6.07) is 1.23. The molecule has 0 amide bonds. The summed E-state index contributed by atoms with van der Waals surface area (Å²) >= 11 is 1.63. The lowest BCUT2D eigenvalue weighted by molar-refractivity contribution is 0.115. The van der Waals surface area contributed by atoms with E-state index in [1.54, 1.807) is 17.5 Å². The molecule has 3 heterocycles. The number of rotatable bonds is 2. The highest BCUT2D eigenvalue weighted by molar-refractivity contribution is 7.15. The molecule has 1 aromatic heterocycles. The maximum atomic E-state index is 9.15. The number of thiazole rings is 1. The quantitative estimate of drug-likeness (QED) is 0.885. The largest absolute Gasteiger partial charge is 0.391 e. The molecular formula is C13H21N3OS. The first-order valence-corrected chi connectivity index (χ1v) is 7.66. The van der Waals surface area contributed by atoms with E-state index in [-0.39, 0.29) is 6.61 Å². The number of nitrogens with zero attached hydrogens (tertiary/aromatic N) is 3. The monoisotopic (exact) mass is 267 g/mol. The van der Waals surface area contributed by atoms with Crippen LogP contribution in [0.1, 0.15) is 31.1 Å². The van der Waals surface area contributed by atoms with Crippen LogP contribution in [0.3, 0.4) is 0 Å². The van der Waals surface area contributed by atoms with Gasteiger partial charge in [0.2, 0.25) is 0 Å². The van der Waals surface area contributed by atoms with Crippen LogP contribution in [0.4, 0.5) is 5.13 Å². The van der Waals surface area contributed by atoms with Crippen LogP contribution in [-0.4, -0.2) is 46.7 Å². The average molecular weight is 267 g/mol. The number of aromatic nitrogens is 1. The van der Waals surface area contributed by atoms with Gasteiger partial charge in [-0.1, -0.05) is 17.8 Å². The normalized spacial score (nSPS) is 29.3. The van der Waals surface area contributed by atoms with Gasteiger partial charge in [0.25, 0.3) is 0 Å². The first-order chi connectivity index (χ1) is 8.78. The summed E-state index contributed by atoms with van der Waals surface area (Å²) in [5.41, 5.74) is 0. The lowest BCUT2D eigenvalue weighted by Crippen LogP contribution is -2.58. The van der Waals surface area contributed by atoms with Crippen molar-refractivity contribution < 1.29 is 5.11 Å². The van der Waals surface area contributed by atoms with Gasteiger partial charge in [-0.3, -0.25) is 4.90 Å². The number of hydrogen-bond acceptors (Lipinski definition) is 5. The van der Waals surface area contributed by atoms with Crippen molar-refractivity contribution in [2.75, 3.05) is 24.5 Å². The lowest BCUT2D eigenvalue weighted by Gasteiger charge is -2.47. The topological polar surface area (TPSA) is 39.6 Å². The highest BCUT2D eigenvalue weighted by atomic mass is 32.1. The Bertz CT molecular complexity index is 409. The van der Waals surface area contributed by atoms with E-state index in [1.165, 1.54) is 25.8 Å². The molecule has 1 N–H and O–H groups in total. The first kappa shape index (κ1) is 12.4. The second-order valence-electron chi connectivity index (χ2n) is 5.41. The third kappa shape index (κ3) is 2.27. The van der Waals surface area contributed by atoms with Crippen molar-refractivity contribution in [3.8, 4) is 0 Å². The number of piperidine rings is 1. The Labute approximate surface area is 112 Å². The zero-order chi connectivity index (χ0) is 12.5. The van der Waals surface area contributed by atoms with Crippen LogP contribution < -0.4 is 4.90 Å². The molecule has 3 rings (SSSR count). The molecule has 5 heteroatoms. The molecule has 2 aliphatic heterocycles. The average Bonchev–Trinajstić information content (AvgIpc) is 2.86. The number of fused-ring (bicyclic) bond motifs is 1. The molecule has 2 aliphatic rings. The van der Waals surface area contributed by atoms with E-state index in [2.05, 4.69) is 21.7 Å². The molecule has 0 aromatic carbocycles. The fourth-order valence-electron chi connectivity index (χ4n) is 3.12. The molecule has 0 radical (unpaired) electrons. The van der Waals surface area contributed by atoms with Gasteiger partial charge in [0.05, 0.1) is 11.5 Å². The molecule has 0 bridgehead atoms. The van der Waals surface area contributed by atoms with Crippen LogP contribution in [0, 0.1) is 0 Å². The zero-order valence-electron chi connectivity index (χ0n) is 10.9. The molecule has 2 saturated heterocycles. The van der Waals surface area contributed by atoms with Crippen molar-refractivity contribution in [1.82, 2.24) is 9.88 Å². The number of anilines is 1. The Kier molecular flexibility index (Phi) is 3.54. The second kappa shape index (κ2) is 5.15. The fraction of sp³-hybridized carbons (Fsp3) is 0.769. The summed E-state index contributed by atoms with van der Waals surface area (Å²) in [5, 5.41) is 10.2. The van der Waals surface area contributed by atoms with E-state index < -0.39 is 0 Å². The Hall–Kier alpha value is -0.650. The summed E-state index contributed by atoms with van der Waals surface area (Å²) in [6.45, 7) is 5.90. The maximum Gasteiger partial charge on any atom is 0.185 e. The molecule has 0 saturated carbocycles. The summed E-state index contributed by atoms with van der Waals surface area (Å²) in [5.74, 6) is 0. The third-order valence-electron chi connectivity index (χ3n) is 4.13. The van der Waals surface area contributed by atoms with Crippen LogP contribution in [0.25, 0.3) is 0 Å². The molecule has 1 aromatic rings. The van der Waals surface area contributed by atoms with Gasteiger partial charge in [-0.2, -0.15) is 0 Å². The zero-order valence-corrected chi connectivity index (χ0v) is 11.7. The number of aliphatic hydroxyl groups excluding tert-OH is 1. The van der Waals surface area contributed by atoms with E-state index in [9.17, 15) is 0 Å². The molecule has 0 spiro atoms. The minimum absolute atomic E-state index is 0.107. The highest BCUT2D eigenvalue weighted by Gasteiger charge is 2.33. The number of hydrogen-bond donors (Lipinski definition) is 1. The van der Waals surface area contributed by atoms with Gasteiger partial charge in [-0.15, -0.1) is 0 Å². The van der Waals surface area contributed by atoms with E-state index in [0.717, 1.165) is 23.1 Å². The van der Waals surface area contributed by atoms with Crippen LogP contribution in [0.15, 0.2) is 6.20 Å². The molecule has 2 atom stereocenters. The van der Waals surface area contributed by atoms with Gasteiger partial charge < -0.3 is 10.0 Å². The van der Waals surface area contributed by atoms with E-state index in [1.807, 2.05) is 0 Å². The van der Waals surface area contributed by atoms with Crippen molar-refractivity contribution in [3.05, 3.63) is 11.1 Å².